The van der Waals surface area contributed by atoms with Crippen LogP contribution in [0.3, 0.4) is 0 Å². The van der Waals surface area contributed by atoms with Gasteiger partial charge in [-0.25, -0.2) is 4.68 Å². The first-order chi connectivity index (χ1) is 15.7. The second-order valence-corrected chi connectivity index (χ2v) is 9.36. The summed E-state index contributed by atoms with van der Waals surface area (Å²) in [5.74, 6) is -0.398. The van der Waals surface area contributed by atoms with Crippen LogP contribution in [0.25, 0.3) is 5.69 Å². The molecule has 0 aliphatic carbocycles. The zero-order valence-corrected chi connectivity index (χ0v) is 19.1. The molecule has 2 aromatic carbocycles. The molecule has 4 rings (SSSR count). The fraction of sp³-hybridized carbons (Fsp3) is 0.360. The average molecular weight is 445 g/mol. The molecular weight excluding hydrogens is 416 g/mol. The molecule has 33 heavy (non-hydrogen) atoms. The van der Waals surface area contributed by atoms with E-state index in [9.17, 15) is 15.2 Å². The van der Waals surface area contributed by atoms with Crippen LogP contribution in [0, 0.1) is 11.3 Å². The lowest BCUT2D eigenvalue weighted by Crippen LogP contribution is -2.36. The van der Waals surface area contributed by atoms with Gasteiger partial charge in [0.15, 0.2) is 5.69 Å². The SMILES string of the molecule is CC(C)(C)c1ccc(-n2cc(C(=O)Nc3ccc(N4CCC(O)CC4)c(C#N)c3)nn2)cc1. The van der Waals surface area contributed by atoms with Gasteiger partial charge >= 0.3 is 0 Å². The Hall–Kier alpha value is -3.70. The summed E-state index contributed by atoms with van der Waals surface area (Å²) in [5.41, 5.74) is 4.07. The van der Waals surface area contributed by atoms with E-state index in [0.717, 1.165) is 11.4 Å². The Kier molecular flexibility index (Phi) is 6.16. The van der Waals surface area contributed by atoms with Gasteiger partial charge in [0.1, 0.15) is 6.07 Å². The van der Waals surface area contributed by atoms with E-state index in [-0.39, 0.29) is 17.2 Å². The Morgan fingerprint density at radius 2 is 1.85 bits per heavy atom. The van der Waals surface area contributed by atoms with Crippen molar-refractivity contribution < 1.29 is 9.90 Å². The molecule has 0 spiro atoms. The quantitative estimate of drug-likeness (QED) is 0.636. The van der Waals surface area contributed by atoms with Crippen molar-refractivity contribution in [3.63, 3.8) is 0 Å². The molecule has 1 amide bonds. The fourth-order valence-corrected chi connectivity index (χ4v) is 3.89. The van der Waals surface area contributed by atoms with Gasteiger partial charge in [-0.15, -0.1) is 5.10 Å². The van der Waals surface area contributed by atoms with E-state index >= 15 is 0 Å². The molecule has 0 unspecified atom stereocenters. The normalized spacial score (nSPS) is 14.7. The van der Waals surface area contributed by atoms with Crippen LogP contribution in [-0.4, -0.2) is 45.2 Å². The molecule has 3 aromatic rings. The molecule has 0 atom stereocenters. The van der Waals surface area contributed by atoms with E-state index in [2.05, 4.69) is 47.4 Å². The maximum atomic E-state index is 12.7. The second kappa shape index (κ2) is 9.04. The first-order valence-electron chi connectivity index (χ1n) is 11.1. The van der Waals surface area contributed by atoms with Crippen molar-refractivity contribution in [1.29, 1.82) is 5.26 Å². The summed E-state index contributed by atoms with van der Waals surface area (Å²) in [4.78, 5) is 14.8. The summed E-state index contributed by atoms with van der Waals surface area (Å²) in [6, 6.07) is 15.5. The highest BCUT2D eigenvalue weighted by atomic mass is 16.3. The summed E-state index contributed by atoms with van der Waals surface area (Å²) in [6.07, 6.45) is 2.66. The zero-order chi connectivity index (χ0) is 23.6. The minimum absolute atomic E-state index is 0.0546. The Labute approximate surface area is 193 Å². The Morgan fingerprint density at radius 1 is 1.15 bits per heavy atom. The lowest BCUT2D eigenvalue weighted by Gasteiger charge is -2.32. The lowest BCUT2D eigenvalue weighted by atomic mass is 9.87. The van der Waals surface area contributed by atoms with Crippen molar-refractivity contribution in [1.82, 2.24) is 15.0 Å². The van der Waals surface area contributed by atoms with Gasteiger partial charge in [-0.2, -0.15) is 5.26 Å². The molecule has 170 valence electrons. The molecule has 1 saturated heterocycles. The van der Waals surface area contributed by atoms with Gasteiger partial charge in [-0.05, 0) is 54.2 Å². The number of nitriles is 1. The number of hydrogen-bond acceptors (Lipinski definition) is 6. The first kappa shape index (κ1) is 22.5. The number of nitrogens with one attached hydrogen (secondary N) is 1. The molecule has 1 aromatic heterocycles. The van der Waals surface area contributed by atoms with E-state index < -0.39 is 5.91 Å². The fourth-order valence-electron chi connectivity index (χ4n) is 3.89. The number of anilines is 2. The van der Waals surface area contributed by atoms with Crippen molar-refractivity contribution in [3.8, 4) is 11.8 Å². The number of piperidine rings is 1. The predicted molar refractivity (Wildman–Crippen MR) is 127 cm³/mol. The van der Waals surface area contributed by atoms with E-state index in [1.165, 1.54) is 5.56 Å². The van der Waals surface area contributed by atoms with Crippen LogP contribution in [0.5, 0.6) is 0 Å². The summed E-state index contributed by atoms with van der Waals surface area (Å²) < 4.78 is 1.57. The molecule has 0 saturated carbocycles. The lowest BCUT2D eigenvalue weighted by molar-refractivity contribution is 0.102. The molecule has 2 N–H and O–H groups in total. The average Bonchev–Trinajstić information content (AvgIpc) is 3.30. The second-order valence-electron chi connectivity index (χ2n) is 9.36. The molecule has 1 aliphatic heterocycles. The van der Waals surface area contributed by atoms with Crippen LogP contribution in [-0.2, 0) is 5.41 Å². The van der Waals surface area contributed by atoms with Gasteiger partial charge in [-0.1, -0.05) is 38.1 Å². The number of aromatic nitrogens is 3. The summed E-state index contributed by atoms with van der Waals surface area (Å²) in [7, 11) is 0. The van der Waals surface area contributed by atoms with Gasteiger partial charge in [-0.3, -0.25) is 4.79 Å². The number of benzene rings is 2. The third-order valence-electron chi connectivity index (χ3n) is 5.90. The summed E-state index contributed by atoms with van der Waals surface area (Å²) >= 11 is 0. The molecule has 8 heteroatoms. The molecule has 1 fully saturated rings. The number of rotatable bonds is 4. The van der Waals surface area contributed by atoms with Crippen molar-refractivity contribution in [2.75, 3.05) is 23.3 Å². The van der Waals surface area contributed by atoms with Crippen molar-refractivity contribution >= 4 is 17.3 Å². The van der Waals surface area contributed by atoms with E-state index in [1.54, 1.807) is 23.0 Å². The Morgan fingerprint density at radius 3 is 2.48 bits per heavy atom. The third kappa shape index (κ3) is 5.04. The van der Waals surface area contributed by atoms with Gasteiger partial charge < -0.3 is 15.3 Å². The van der Waals surface area contributed by atoms with Crippen molar-refractivity contribution in [2.45, 2.75) is 45.1 Å². The summed E-state index contributed by atoms with van der Waals surface area (Å²) in [5, 5.41) is 30.2. The largest absolute Gasteiger partial charge is 0.393 e. The number of hydrogen-bond donors (Lipinski definition) is 2. The number of carbonyl (C=O) groups excluding carboxylic acids is 1. The van der Waals surface area contributed by atoms with Gasteiger partial charge in [0.05, 0.1) is 29.2 Å². The van der Waals surface area contributed by atoms with Crippen LogP contribution in [0.15, 0.2) is 48.7 Å². The molecule has 2 heterocycles. The maximum Gasteiger partial charge on any atom is 0.277 e. The van der Waals surface area contributed by atoms with E-state index in [1.807, 2.05) is 30.3 Å². The molecule has 0 radical (unpaired) electrons. The highest BCUT2D eigenvalue weighted by Crippen LogP contribution is 2.27. The maximum absolute atomic E-state index is 12.7. The van der Waals surface area contributed by atoms with E-state index in [0.29, 0.717) is 37.2 Å². The smallest absolute Gasteiger partial charge is 0.277 e. The number of amides is 1. The molecule has 8 nitrogen and oxygen atoms in total. The van der Waals surface area contributed by atoms with Crippen LogP contribution < -0.4 is 10.2 Å². The highest BCUT2D eigenvalue weighted by Gasteiger charge is 2.20. The number of nitrogens with zero attached hydrogens (tertiary/aromatic N) is 5. The monoisotopic (exact) mass is 444 g/mol. The van der Waals surface area contributed by atoms with E-state index in [4.69, 9.17) is 0 Å². The van der Waals surface area contributed by atoms with Crippen LogP contribution in [0.1, 0.15) is 55.2 Å². The van der Waals surface area contributed by atoms with Crippen LogP contribution in [0.4, 0.5) is 11.4 Å². The predicted octanol–water partition coefficient (Wildman–Crippen LogP) is 3.65. The van der Waals surface area contributed by atoms with Gasteiger partial charge in [0, 0.05) is 18.8 Å². The van der Waals surface area contributed by atoms with Gasteiger partial charge in [0.25, 0.3) is 5.91 Å². The standard InChI is InChI=1S/C25H28N6O2/c1-25(2,3)18-4-7-20(8-5-18)31-16-22(28-29-31)24(33)27-19-6-9-23(17(14-19)15-26)30-12-10-21(32)11-13-30/h4-9,14,16,21,32H,10-13H2,1-3H3,(H,27,33). The molecular formula is C25H28N6O2. The Balaban J connectivity index is 1.47. The summed E-state index contributed by atoms with van der Waals surface area (Å²) in [6.45, 7) is 7.85. The number of aliphatic hydroxyl groups excluding tert-OH is 1. The first-order valence-corrected chi connectivity index (χ1v) is 11.1. The minimum atomic E-state index is -0.398. The highest BCUT2D eigenvalue weighted by molar-refractivity contribution is 6.02. The minimum Gasteiger partial charge on any atom is -0.393 e. The number of aliphatic hydroxyl groups is 1. The zero-order valence-electron chi connectivity index (χ0n) is 19.1. The van der Waals surface area contributed by atoms with Crippen LogP contribution in [0.2, 0.25) is 0 Å². The molecule has 0 bridgehead atoms. The topological polar surface area (TPSA) is 107 Å². The van der Waals surface area contributed by atoms with Crippen molar-refractivity contribution in [2.24, 2.45) is 0 Å². The molecule has 1 aliphatic rings. The third-order valence-corrected chi connectivity index (χ3v) is 5.90. The Bertz CT molecular complexity index is 1180. The van der Waals surface area contributed by atoms with Crippen molar-refractivity contribution in [3.05, 3.63) is 65.5 Å². The number of carbonyl (C=O) groups is 1. The van der Waals surface area contributed by atoms with Crippen LogP contribution >= 0.6 is 0 Å². The van der Waals surface area contributed by atoms with Gasteiger partial charge in [0.2, 0.25) is 0 Å².